The standard InChI is InChI=1S/C15H20N6O.CH2O2/c1-11-18-13(12-2-5-21(10-12)6-7-22)8-14(19-11)20-15-9-16-3-4-17-15;2-1-3/h3-4,8-9,12,22H,2,5-7,10H2,1H3,(H,17,18,19,20);1H,(H,2,3). The van der Waals surface area contributed by atoms with Crippen LogP contribution in [0.1, 0.15) is 23.9 Å². The van der Waals surface area contributed by atoms with E-state index in [9.17, 15) is 0 Å². The highest BCUT2D eigenvalue weighted by atomic mass is 16.3. The van der Waals surface area contributed by atoms with Crippen molar-refractivity contribution in [2.75, 3.05) is 31.6 Å². The van der Waals surface area contributed by atoms with Gasteiger partial charge in [0, 0.05) is 37.5 Å². The fraction of sp³-hybridized carbons (Fsp3) is 0.438. The minimum atomic E-state index is -0.250. The average Bonchev–Trinajstić information content (AvgIpc) is 3.05. The van der Waals surface area contributed by atoms with Crippen LogP contribution < -0.4 is 5.32 Å². The molecule has 25 heavy (non-hydrogen) atoms. The second-order valence-corrected chi connectivity index (χ2v) is 5.56. The van der Waals surface area contributed by atoms with Crippen LogP contribution >= 0.6 is 0 Å². The van der Waals surface area contributed by atoms with Gasteiger partial charge >= 0.3 is 0 Å². The van der Waals surface area contributed by atoms with Crippen molar-refractivity contribution in [1.82, 2.24) is 24.8 Å². The number of β-amino-alcohol motifs (C(OH)–C–C–N with tert-alkyl or cyclic N) is 1. The van der Waals surface area contributed by atoms with Crippen molar-refractivity contribution in [1.29, 1.82) is 0 Å². The zero-order valence-electron chi connectivity index (χ0n) is 14.0. The largest absolute Gasteiger partial charge is 0.483 e. The summed E-state index contributed by atoms with van der Waals surface area (Å²) in [5.41, 5.74) is 1.04. The number of nitrogens with one attached hydrogen (secondary N) is 1. The molecular formula is C16H22N6O3. The van der Waals surface area contributed by atoms with Crippen molar-refractivity contribution < 1.29 is 15.0 Å². The van der Waals surface area contributed by atoms with Crippen LogP contribution in [0.25, 0.3) is 0 Å². The Bertz CT molecular complexity index is 670. The van der Waals surface area contributed by atoms with Crippen molar-refractivity contribution in [3.05, 3.63) is 36.2 Å². The van der Waals surface area contributed by atoms with Gasteiger partial charge < -0.3 is 20.4 Å². The van der Waals surface area contributed by atoms with Crippen LogP contribution in [0.2, 0.25) is 0 Å². The predicted octanol–water partition coefficient (Wildman–Crippen LogP) is 0.801. The van der Waals surface area contributed by atoms with Crippen LogP contribution in [0.15, 0.2) is 24.7 Å². The molecule has 9 nitrogen and oxygen atoms in total. The van der Waals surface area contributed by atoms with Gasteiger partial charge in [0.25, 0.3) is 6.47 Å². The number of anilines is 2. The molecule has 1 unspecified atom stereocenters. The Hall–Kier alpha value is -2.65. The third kappa shape index (κ3) is 5.73. The van der Waals surface area contributed by atoms with Crippen LogP contribution in [0.4, 0.5) is 11.6 Å². The number of likely N-dealkylation sites (tertiary alicyclic amines) is 1. The summed E-state index contributed by atoms with van der Waals surface area (Å²) < 4.78 is 0. The molecule has 1 saturated heterocycles. The van der Waals surface area contributed by atoms with Gasteiger partial charge in [-0.05, 0) is 19.9 Å². The first-order valence-electron chi connectivity index (χ1n) is 7.96. The zero-order valence-corrected chi connectivity index (χ0v) is 14.0. The minimum Gasteiger partial charge on any atom is -0.483 e. The molecule has 2 aromatic heterocycles. The molecule has 1 fully saturated rings. The first-order chi connectivity index (χ1) is 12.2. The summed E-state index contributed by atoms with van der Waals surface area (Å²) in [6.45, 7) is 4.51. The van der Waals surface area contributed by atoms with Gasteiger partial charge in [-0.1, -0.05) is 0 Å². The normalized spacial score (nSPS) is 16.8. The molecule has 0 saturated carbocycles. The maximum absolute atomic E-state index is 9.05. The quantitative estimate of drug-likeness (QED) is 0.674. The predicted molar refractivity (Wildman–Crippen MR) is 91.7 cm³/mol. The SMILES string of the molecule is Cc1nc(Nc2cnccn2)cc(C2CCN(CCO)C2)n1.O=CO. The number of rotatable bonds is 5. The number of nitrogens with zero attached hydrogens (tertiary/aromatic N) is 5. The lowest BCUT2D eigenvalue weighted by molar-refractivity contribution is -0.122. The van der Waals surface area contributed by atoms with E-state index < -0.39 is 0 Å². The molecule has 1 aliphatic rings. The zero-order chi connectivity index (χ0) is 18.1. The summed E-state index contributed by atoms with van der Waals surface area (Å²) in [5.74, 6) is 2.53. The van der Waals surface area contributed by atoms with Gasteiger partial charge in [0.05, 0.1) is 18.5 Å². The summed E-state index contributed by atoms with van der Waals surface area (Å²) in [6.07, 6.45) is 5.99. The molecule has 9 heteroatoms. The van der Waals surface area contributed by atoms with E-state index in [1.165, 1.54) is 0 Å². The van der Waals surface area contributed by atoms with Gasteiger partial charge in [-0.3, -0.25) is 9.78 Å². The lowest BCUT2D eigenvalue weighted by Gasteiger charge is -2.15. The van der Waals surface area contributed by atoms with Crippen molar-refractivity contribution in [2.45, 2.75) is 19.3 Å². The third-order valence-corrected chi connectivity index (χ3v) is 3.78. The molecule has 0 amide bonds. The highest BCUT2D eigenvalue weighted by Gasteiger charge is 2.25. The number of hydrogen-bond acceptors (Lipinski definition) is 8. The van der Waals surface area contributed by atoms with Crippen LogP contribution in [-0.4, -0.2) is 67.8 Å². The molecule has 134 valence electrons. The second kappa shape index (κ2) is 9.60. The highest BCUT2D eigenvalue weighted by molar-refractivity contribution is 5.50. The number of carboxylic acid groups (broad SMARTS) is 1. The highest BCUT2D eigenvalue weighted by Crippen LogP contribution is 2.27. The van der Waals surface area contributed by atoms with Crippen molar-refractivity contribution in [3.8, 4) is 0 Å². The molecule has 2 aromatic rings. The van der Waals surface area contributed by atoms with E-state index in [1.807, 2.05) is 13.0 Å². The summed E-state index contributed by atoms with van der Waals surface area (Å²) >= 11 is 0. The number of hydrogen-bond donors (Lipinski definition) is 3. The topological polar surface area (TPSA) is 124 Å². The van der Waals surface area contributed by atoms with E-state index in [-0.39, 0.29) is 13.1 Å². The fourth-order valence-corrected chi connectivity index (χ4v) is 2.78. The maximum atomic E-state index is 9.05. The van der Waals surface area contributed by atoms with E-state index >= 15 is 0 Å². The number of aromatic nitrogens is 4. The number of aliphatic hydroxyl groups excluding tert-OH is 1. The molecule has 3 rings (SSSR count). The van der Waals surface area contributed by atoms with Crippen molar-refractivity contribution in [3.63, 3.8) is 0 Å². The van der Waals surface area contributed by atoms with E-state index in [4.69, 9.17) is 15.0 Å². The maximum Gasteiger partial charge on any atom is 0.290 e. The molecule has 0 spiro atoms. The lowest BCUT2D eigenvalue weighted by Crippen LogP contribution is -2.24. The molecule has 0 radical (unpaired) electrons. The number of carbonyl (C=O) groups is 1. The third-order valence-electron chi connectivity index (χ3n) is 3.78. The van der Waals surface area contributed by atoms with Gasteiger partial charge in [-0.2, -0.15) is 0 Å². The minimum absolute atomic E-state index is 0.203. The van der Waals surface area contributed by atoms with Crippen LogP contribution in [-0.2, 0) is 4.79 Å². The van der Waals surface area contributed by atoms with Crippen LogP contribution in [0.5, 0.6) is 0 Å². The summed E-state index contributed by atoms with van der Waals surface area (Å²) in [4.78, 5) is 27.8. The molecule has 3 N–H and O–H groups in total. The molecule has 1 aliphatic heterocycles. The first kappa shape index (κ1) is 18.7. The lowest BCUT2D eigenvalue weighted by atomic mass is 10.0. The van der Waals surface area contributed by atoms with Crippen LogP contribution in [0.3, 0.4) is 0 Å². The van der Waals surface area contributed by atoms with Gasteiger partial charge in [0.2, 0.25) is 0 Å². The van der Waals surface area contributed by atoms with E-state index in [1.54, 1.807) is 18.6 Å². The Morgan fingerprint density at radius 3 is 2.84 bits per heavy atom. The Balaban J connectivity index is 0.000000701. The molecule has 0 aromatic carbocycles. The van der Waals surface area contributed by atoms with E-state index in [0.29, 0.717) is 11.7 Å². The van der Waals surface area contributed by atoms with Crippen molar-refractivity contribution >= 4 is 18.1 Å². The van der Waals surface area contributed by atoms with Crippen LogP contribution in [0, 0.1) is 6.92 Å². The smallest absolute Gasteiger partial charge is 0.290 e. The van der Waals surface area contributed by atoms with Gasteiger partial charge in [-0.15, -0.1) is 0 Å². The molecule has 0 aliphatic carbocycles. The fourth-order valence-electron chi connectivity index (χ4n) is 2.78. The van der Waals surface area contributed by atoms with Gasteiger partial charge in [0.15, 0.2) is 0 Å². The summed E-state index contributed by atoms with van der Waals surface area (Å²) in [7, 11) is 0. The summed E-state index contributed by atoms with van der Waals surface area (Å²) in [6, 6.07) is 1.98. The van der Waals surface area contributed by atoms with E-state index in [0.717, 1.165) is 43.4 Å². The summed E-state index contributed by atoms with van der Waals surface area (Å²) in [5, 5.41) is 19.1. The molecule has 1 atom stereocenters. The number of aryl methyl sites for hydroxylation is 1. The van der Waals surface area contributed by atoms with E-state index in [2.05, 4.69) is 30.2 Å². The molecule has 0 bridgehead atoms. The van der Waals surface area contributed by atoms with Crippen molar-refractivity contribution in [2.24, 2.45) is 0 Å². The monoisotopic (exact) mass is 346 g/mol. The Kier molecular flexibility index (Phi) is 7.17. The average molecular weight is 346 g/mol. The molecular weight excluding hydrogens is 324 g/mol. The van der Waals surface area contributed by atoms with Gasteiger partial charge in [0.1, 0.15) is 17.5 Å². The Morgan fingerprint density at radius 1 is 1.36 bits per heavy atom. The Labute approximate surface area is 145 Å². The number of aliphatic hydroxyl groups is 1. The Morgan fingerprint density at radius 2 is 2.16 bits per heavy atom. The van der Waals surface area contributed by atoms with Gasteiger partial charge in [-0.25, -0.2) is 15.0 Å². The second-order valence-electron chi connectivity index (χ2n) is 5.56. The first-order valence-corrected chi connectivity index (χ1v) is 7.96. The molecule has 3 heterocycles.